The molecule has 1 aliphatic heterocycles. The maximum absolute atomic E-state index is 14.6. The van der Waals surface area contributed by atoms with Gasteiger partial charge in [-0.1, -0.05) is 50.5 Å². The molecule has 4 rings (SSSR count). The third-order valence-corrected chi connectivity index (χ3v) is 9.98. The molecule has 1 aliphatic rings. The average Bonchev–Trinajstić information content (AvgIpc) is 3.18. The van der Waals surface area contributed by atoms with Gasteiger partial charge in [-0.15, -0.1) is 0 Å². The zero-order valence-corrected chi connectivity index (χ0v) is 32.8. The standard InChI is InChI=1S/C42H54N8O7/c1-4-5-6-7-8-27-9-12-30(25(2)21-27)39(54)48-33(15-16-43)42(57)50(20-18-45)37-29-11-14-36(52)32(24-29)31-22-28(10-13-35(31)51)23-34(40(55)46-19-17-44)49-38(53)26(3)47-41(37)56/h9-14,21-22,24,26,33-34,37,51-52H,4-8,15-16,18-20,23,43,45H2,1-3H3,(H,46,55)(H,47,56)(H,48,54)(H,49,53)/t26-,33?,34-,37-/m0/s1. The van der Waals surface area contributed by atoms with Crippen LogP contribution in [0.1, 0.15) is 84.6 Å². The molecule has 15 heteroatoms. The van der Waals surface area contributed by atoms with Crippen molar-refractivity contribution in [3.05, 3.63) is 82.4 Å². The molecule has 304 valence electrons. The number of hydrogen-bond donors (Lipinski definition) is 8. The Morgan fingerprint density at radius 1 is 0.947 bits per heavy atom. The molecule has 0 saturated carbocycles. The lowest BCUT2D eigenvalue weighted by Crippen LogP contribution is -2.57. The van der Waals surface area contributed by atoms with Crippen LogP contribution in [0.4, 0.5) is 0 Å². The molecule has 1 heterocycles. The van der Waals surface area contributed by atoms with Crippen LogP contribution in [0.25, 0.3) is 11.1 Å². The third-order valence-electron chi connectivity index (χ3n) is 9.98. The van der Waals surface area contributed by atoms with Gasteiger partial charge < -0.3 is 47.8 Å². The van der Waals surface area contributed by atoms with Crippen molar-refractivity contribution in [2.45, 2.75) is 89.9 Å². The second kappa shape index (κ2) is 20.8. The first-order chi connectivity index (χ1) is 27.3. The molecule has 4 atom stereocenters. The van der Waals surface area contributed by atoms with Crippen LogP contribution in [-0.2, 0) is 32.0 Å². The van der Waals surface area contributed by atoms with Gasteiger partial charge in [-0.3, -0.25) is 24.0 Å². The fraction of sp³-hybridized carbons (Fsp3) is 0.429. The normalized spacial score (nSPS) is 17.2. The van der Waals surface area contributed by atoms with Gasteiger partial charge in [0, 0.05) is 36.2 Å². The van der Waals surface area contributed by atoms with E-state index in [4.69, 9.17) is 16.7 Å². The average molecular weight is 783 g/mol. The molecule has 15 nitrogen and oxygen atoms in total. The van der Waals surface area contributed by atoms with Crippen molar-refractivity contribution in [2.24, 2.45) is 11.5 Å². The number of nitrogens with two attached hydrogens (primary N) is 2. The van der Waals surface area contributed by atoms with Crippen LogP contribution in [-0.4, -0.2) is 89.0 Å². The predicted octanol–water partition coefficient (Wildman–Crippen LogP) is 2.36. The Bertz CT molecular complexity index is 1980. The number of nitrogens with zero attached hydrogens (tertiary/aromatic N) is 2. The number of carbonyl (C=O) groups excluding carboxylic acids is 5. The maximum atomic E-state index is 14.6. The summed E-state index contributed by atoms with van der Waals surface area (Å²) in [6.07, 6.45) is 5.29. The van der Waals surface area contributed by atoms with E-state index in [-0.39, 0.29) is 67.2 Å². The molecule has 0 spiro atoms. The van der Waals surface area contributed by atoms with E-state index in [9.17, 15) is 34.2 Å². The van der Waals surface area contributed by atoms with Crippen molar-refractivity contribution in [1.82, 2.24) is 26.2 Å². The van der Waals surface area contributed by atoms with Gasteiger partial charge in [-0.05, 0) is 92.2 Å². The Labute approximate surface area is 333 Å². The zero-order valence-electron chi connectivity index (χ0n) is 32.8. The van der Waals surface area contributed by atoms with Crippen LogP contribution in [0.5, 0.6) is 11.5 Å². The van der Waals surface area contributed by atoms with Gasteiger partial charge in [0.1, 0.15) is 42.2 Å². The Morgan fingerprint density at radius 2 is 1.67 bits per heavy atom. The minimum Gasteiger partial charge on any atom is -0.507 e. The first-order valence-electron chi connectivity index (χ1n) is 19.3. The van der Waals surface area contributed by atoms with E-state index in [2.05, 4.69) is 28.2 Å². The van der Waals surface area contributed by atoms with Crippen LogP contribution in [0.2, 0.25) is 0 Å². The van der Waals surface area contributed by atoms with Crippen molar-refractivity contribution >= 4 is 29.5 Å². The largest absolute Gasteiger partial charge is 0.507 e. The second-order valence-corrected chi connectivity index (χ2v) is 14.3. The van der Waals surface area contributed by atoms with Crippen molar-refractivity contribution in [3.8, 4) is 28.7 Å². The van der Waals surface area contributed by atoms with Crippen molar-refractivity contribution in [3.63, 3.8) is 0 Å². The van der Waals surface area contributed by atoms with Crippen LogP contribution in [0.15, 0.2) is 54.6 Å². The summed E-state index contributed by atoms with van der Waals surface area (Å²) in [5.74, 6) is -3.85. The van der Waals surface area contributed by atoms with Gasteiger partial charge in [0.05, 0.1) is 6.07 Å². The topological polar surface area (TPSA) is 253 Å². The Balaban J connectivity index is 1.76. The van der Waals surface area contributed by atoms with E-state index in [0.29, 0.717) is 11.1 Å². The van der Waals surface area contributed by atoms with E-state index in [1.807, 2.05) is 25.1 Å². The monoisotopic (exact) mass is 782 g/mol. The minimum absolute atomic E-state index is 0.0129. The quantitative estimate of drug-likeness (QED) is 0.0825. The highest BCUT2D eigenvalue weighted by molar-refractivity contribution is 6.00. The lowest BCUT2D eigenvalue weighted by Gasteiger charge is -2.35. The molecule has 0 fully saturated rings. The number of hydrogen-bond acceptors (Lipinski definition) is 10. The number of nitriles is 1. The SMILES string of the molecule is CCCCCCc1ccc(C(=O)NC(CCN)C(=O)N(CCN)[C@@H]2C(=O)N[C@@H](C)C(=O)N[C@H](C(=O)NCC#N)Cc3ccc(O)c(c3)-c3cc2ccc3O)c(C)c1. The number of aryl methyl sites for hydroxylation is 2. The number of benzene rings is 3. The van der Waals surface area contributed by atoms with E-state index >= 15 is 0 Å². The molecule has 0 aliphatic carbocycles. The van der Waals surface area contributed by atoms with Crippen molar-refractivity contribution in [2.75, 3.05) is 26.2 Å². The first kappa shape index (κ1) is 43.7. The van der Waals surface area contributed by atoms with E-state index in [1.165, 1.54) is 42.2 Å². The molecule has 0 radical (unpaired) electrons. The molecule has 3 aromatic rings. The van der Waals surface area contributed by atoms with Gasteiger partial charge in [-0.2, -0.15) is 5.26 Å². The van der Waals surface area contributed by atoms with Crippen molar-refractivity contribution < 1.29 is 34.2 Å². The predicted molar refractivity (Wildman–Crippen MR) is 215 cm³/mol. The van der Waals surface area contributed by atoms with E-state index in [1.54, 1.807) is 12.1 Å². The summed E-state index contributed by atoms with van der Waals surface area (Å²) < 4.78 is 0. The van der Waals surface area contributed by atoms with Crippen LogP contribution in [0.3, 0.4) is 0 Å². The lowest BCUT2D eigenvalue weighted by molar-refractivity contribution is -0.143. The summed E-state index contributed by atoms with van der Waals surface area (Å²) in [6.45, 7) is 4.83. The Kier molecular flexibility index (Phi) is 16.0. The zero-order chi connectivity index (χ0) is 41.6. The summed E-state index contributed by atoms with van der Waals surface area (Å²) in [6, 6.07) is 11.0. The van der Waals surface area contributed by atoms with Gasteiger partial charge in [0.25, 0.3) is 5.91 Å². The summed E-state index contributed by atoms with van der Waals surface area (Å²) in [7, 11) is 0. The number of phenolic OH excluding ortho intramolecular Hbond substituents is 2. The third kappa shape index (κ3) is 11.3. The Hall–Kier alpha value is -5.98. The minimum atomic E-state index is -1.47. The highest BCUT2D eigenvalue weighted by Gasteiger charge is 2.37. The maximum Gasteiger partial charge on any atom is 0.252 e. The van der Waals surface area contributed by atoms with Crippen LogP contribution in [0, 0.1) is 18.3 Å². The van der Waals surface area contributed by atoms with Gasteiger partial charge >= 0.3 is 0 Å². The number of unbranched alkanes of at least 4 members (excludes halogenated alkanes) is 3. The molecule has 3 aromatic carbocycles. The molecule has 57 heavy (non-hydrogen) atoms. The molecule has 1 unspecified atom stereocenters. The van der Waals surface area contributed by atoms with Gasteiger partial charge in [0.15, 0.2) is 0 Å². The summed E-state index contributed by atoms with van der Waals surface area (Å²) in [5, 5.41) is 41.6. The highest BCUT2D eigenvalue weighted by Crippen LogP contribution is 2.39. The molecule has 0 saturated heterocycles. The number of nitrogens with one attached hydrogen (secondary N) is 4. The number of phenols is 2. The van der Waals surface area contributed by atoms with Crippen LogP contribution >= 0.6 is 0 Å². The highest BCUT2D eigenvalue weighted by atomic mass is 16.3. The number of rotatable bonds is 15. The molecular weight excluding hydrogens is 729 g/mol. The molecule has 5 amide bonds. The number of carbonyl (C=O) groups is 5. The summed E-state index contributed by atoms with van der Waals surface area (Å²) in [5.41, 5.74) is 15.2. The molecular formula is C42H54N8O7. The second-order valence-electron chi connectivity index (χ2n) is 14.3. The smallest absolute Gasteiger partial charge is 0.252 e. The van der Waals surface area contributed by atoms with Crippen molar-refractivity contribution in [1.29, 1.82) is 5.26 Å². The van der Waals surface area contributed by atoms with Gasteiger partial charge in [0.2, 0.25) is 23.6 Å². The fourth-order valence-electron chi connectivity index (χ4n) is 6.95. The molecule has 4 bridgehead atoms. The van der Waals surface area contributed by atoms with Gasteiger partial charge in [-0.25, -0.2) is 0 Å². The summed E-state index contributed by atoms with van der Waals surface area (Å²) >= 11 is 0. The Morgan fingerprint density at radius 3 is 2.33 bits per heavy atom. The number of fused-ring (bicyclic) bond motifs is 5. The first-order valence-corrected chi connectivity index (χ1v) is 19.3. The number of amides is 5. The lowest BCUT2D eigenvalue weighted by atomic mass is 9.93. The van der Waals surface area contributed by atoms with Crippen LogP contribution < -0.4 is 32.7 Å². The van der Waals surface area contributed by atoms with E-state index in [0.717, 1.165) is 43.2 Å². The molecule has 10 N–H and O–H groups in total. The number of aromatic hydroxyl groups is 2. The van der Waals surface area contributed by atoms with E-state index < -0.39 is 53.7 Å². The molecule has 0 aromatic heterocycles. The summed E-state index contributed by atoms with van der Waals surface area (Å²) in [4.78, 5) is 70.6. The fourth-order valence-corrected chi connectivity index (χ4v) is 6.95.